The molecule has 0 spiro atoms. The van der Waals surface area contributed by atoms with Crippen LogP contribution in [0.4, 0.5) is 0 Å². The minimum atomic E-state index is -0.516. The molecule has 0 amide bonds. The van der Waals surface area contributed by atoms with Crippen LogP contribution in [0.25, 0.3) is 0 Å². The van der Waals surface area contributed by atoms with Crippen molar-refractivity contribution in [2.45, 2.75) is 39.3 Å². The van der Waals surface area contributed by atoms with Gasteiger partial charge in [-0.2, -0.15) is 0 Å². The van der Waals surface area contributed by atoms with E-state index in [2.05, 4.69) is 0 Å². The molecule has 0 heterocycles. The van der Waals surface area contributed by atoms with Crippen molar-refractivity contribution in [2.75, 3.05) is 13.2 Å². The van der Waals surface area contributed by atoms with Gasteiger partial charge in [0.1, 0.15) is 0 Å². The van der Waals surface area contributed by atoms with E-state index in [1.165, 1.54) is 0 Å². The average Bonchev–Trinajstić information content (AvgIpc) is 2.13. The number of esters is 1. The lowest BCUT2D eigenvalue weighted by Gasteiger charge is -2.14. The van der Waals surface area contributed by atoms with Crippen molar-refractivity contribution < 1.29 is 14.3 Å². The summed E-state index contributed by atoms with van der Waals surface area (Å²) < 4.78 is 9.97. The monoisotopic (exact) mass is 189 g/mol. The fourth-order valence-electron chi connectivity index (χ4n) is 0.713. The van der Waals surface area contributed by atoms with Crippen LogP contribution >= 0.6 is 0 Å². The van der Waals surface area contributed by atoms with Gasteiger partial charge >= 0.3 is 5.97 Å². The molecule has 0 bridgehead atoms. The van der Waals surface area contributed by atoms with Gasteiger partial charge in [-0.25, -0.2) is 4.79 Å². The molecule has 0 saturated heterocycles. The summed E-state index contributed by atoms with van der Waals surface area (Å²) in [5, 5.41) is 0. The molecule has 4 nitrogen and oxygen atoms in total. The molecule has 0 aliphatic carbocycles. The Hall–Kier alpha value is -0.610. The van der Waals surface area contributed by atoms with Crippen molar-refractivity contribution in [3.63, 3.8) is 0 Å². The number of ether oxygens (including phenoxy) is 2. The predicted octanol–water partition coefficient (Wildman–Crippen LogP) is 0.692. The maximum Gasteiger partial charge on any atom is 0.334 e. The van der Waals surface area contributed by atoms with E-state index in [9.17, 15) is 4.79 Å². The second-order valence-electron chi connectivity index (χ2n) is 2.90. The highest BCUT2D eigenvalue weighted by atomic mass is 16.6. The number of hydrogen-bond donors (Lipinski definition) is 1. The SMILES string of the molecule is CCOC(=O)C(C)OCC(N)CC. The van der Waals surface area contributed by atoms with Gasteiger partial charge in [0.15, 0.2) is 6.10 Å². The van der Waals surface area contributed by atoms with Gasteiger partial charge in [0.25, 0.3) is 0 Å². The fourth-order valence-corrected chi connectivity index (χ4v) is 0.713. The van der Waals surface area contributed by atoms with Gasteiger partial charge < -0.3 is 15.2 Å². The number of carbonyl (C=O) groups excluding carboxylic acids is 1. The molecule has 4 heteroatoms. The molecular weight excluding hydrogens is 170 g/mol. The van der Waals surface area contributed by atoms with E-state index in [0.29, 0.717) is 13.2 Å². The summed E-state index contributed by atoms with van der Waals surface area (Å²) in [5.74, 6) is -0.328. The molecule has 2 unspecified atom stereocenters. The molecule has 0 aliphatic heterocycles. The van der Waals surface area contributed by atoms with Gasteiger partial charge in [-0.1, -0.05) is 6.92 Å². The Kier molecular flexibility index (Phi) is 6.54. The molecule has 0 radical (unpaired) electrons. The molecular formula is C9H19NO3. The highest BCUT2D eigenvalue weighted by molar-refractivity contribution is 5.74. The van der Waals surface area contributed by atoms with Crippen LogP contribution in [0.15, 0.2) is 0 Å². The standard InChI is InChI=1S/C9H19NO3/c1-4-8(10)6-13-7(3)9(11)12-5-2/h7-8H,4-6,10H2,1-3H3. The summed E-state index contributed by atoms with van der Waals surface area (Å²) in [6.45, 7) is 6.19. The zero-order chi connectivity index (χ0) is 10.3. The van der Waals surface area contributed by atoms with E-state index in [0.717, 1.165) is 6.42 Å². The van der Waals surface area contributed by atoms with Crippen LogP contribution in [-0.4, -0.2) is 31.3 Å². The topological polar surface area (TPSA) is 61.5 Å². The molecule has 0 aliphatic rings. The summed E-state index contributed by atoms with van der Waals surface area (Å²) in [6.07, 6.45) is 0.327. The van der Waals surface area contributed by atoms with E-state index >= 15 is 0 Å². The van der Waals surface area contributed by atoms with Gasteiger partial charge in [-0.3, -0.25) is 0 Å². The maximum absolute atomic E-state index is 11.1. The van der Waals surface area contributed by atoms with Crippen LogP contribution in [0.3, 0.4) is 0 Å². The Morgan fingerprint density at radius 3 is 2.54 bits per heavy atom. The third kappa shape index (κ3) is 5.60. The lowest BCUT2D eigenvalue weighted by molar-refractivity contribution is -0.155. The van der Waals surface area contributed by atoms with Crippen LogP contribution in [-0.2, 0) is 14.3 Å². The maximum atomic E-state index is 11.1. The molecule has 0 aromatic carbocycles. The van der Waals surface area contributed by atoms with Crippen LogP contribution < -0.4 is 5.73 Å². The first-order chi connectivity index (χ1) is 6.11. The predicted molar refractivity (Wildman–Crippen MR) is 50.3 cm³/mol. The van der Waals surface area contributed by atoms with Crippen LogP contribution in [0, 0.1) is 0 Å². The molecule has 2 atom stereocenters. The van der Waals surface area contributed by atoms with Gasteiger partial charge in [0.2, 0.25) is 0 Å². The fraction of sp³-hybridized carbons (Fsp3) is 0.889. The molecule has 78 valence electrons. The number of carbonyl (C=O) groups is 1. The first-order valence-corrected chi connectivity index (χ1v) is 4.65. The van der Waals surface area contributed by atoms with E-state index in [4.69, 9.17) is 15.2 Å². The molecule has 0 fully saturated rings. The van der Waals surface area contributed by atoms with Crippen molar-refractivity contribution in [3.8, 4) is 0 Å². The quantitative estimate of drug-likeness (QED) is 0.624. The second-order valence-corrected chi connectivity index (χ2v) is 2.90. The third-order valence-corrected chi connectivity index (χ3v) is 1.70. The van der Waals surface area contributed by atoms with E-state index < -0.39 is 6.10 Å². The minimum Gasteiger partial charge on any atom is -0.464 e. The van der Waals surface area contributed by atoms with Crippen molar-refractivity contribution in [1.82, 2.24) is 0 Å². The lowest BCUT2D eigenvalue weighted by Crippen LogP contribution is -2.31. The Morgan fingerprint density at radius 2 is 2.08 bits per heavy atom. The Bertz CT molecular complexity index is 150. The number of rotatable bonds is 6. The van der Waals surface area contributed by atoms with Gasteiger partial charge in [0.05, 0.1) is 13.2 Å². The normalized spacial score (nSPS) is 15.1. The Morgan fingerprint density at radius 1 is 1.46 bits per heavy atom. The summed E-state index contributed by atoms with van der Waals surface area (Å²) in [7, 11) is 0. The molecule has 2 N–H and O–H groups in total. The highest BCUT2D eigenvalue weighted by Crippen LogP contribution is 1.97. The van der Waals surface area contributed by atoms with Crippen molar-refractivity contribution >= 4 is 5.97 Å². The van der Waals surface area contributed by atoms with E-state index in [1.807, 2.05) is 6.92 Å². The summed E-state index contributed by atoms with van der Waals surface area (Å²) in [6, 6.07) is -0.00289. The molecule has 0 rings (SSSR count). The van der Waals surface area contributed by atoms with E-state index in [1.54, 1.807) is 13.8 Å². The lowest BCUT2D eigenvalue weighted by atomic mass is 10.2. The Labute approximate surface area is 79.4 Å². The number of hydrogen-bond acceptors (Lipinski definition) is 4. The summed E-state index contributed by atoms with van der Waals surface area (Å²) in [5.41, 5.74) is 5.62. The summed E-state index contributed by atoms with van der Waals surface area (Å²) >= 11 is 0. The molecule has 13 heavy (non-hydrogen) atoms. The van der Waals surface area contributed by atoms with Crippen molar-refractivity contribution in [1.29, 1.82) is 0 Å². The van der Waals surface area contributed by atoms with Gasteiger partial charge in [-0.05, 0) is 20.3 Å². The largest absolute Gasteiger partial charge is 0.464 e. The third-order valence-electron chi connectivity index (χ3n) is 1.70. The zero-order valence-electron chi connectivity index (χ0n) is 8.58. The minimum absolute atomic E-state index is 0.00289. The number of nitrogens with two attached hydrogens (primary N) is 1. The van der Waals surface area contributed by atoms with Crippen molar-refractivity contribution in [2.24, 2.45) is 5.73 Å². The first kappa shape index (κ1) is 12.4. The smallest absolute Gasteiger partial charge is 0.334 e. The molecule has 0 aromatic heterocycles. The molecule has 0 saturated carbocycles. The highest BCUT2D eigenvalue weighted by Gasteiger charge is 2.14. The first-order valence-electron chi connectivity index (χ1n) is 4.65. The van der Waals surface area contributed by atoms with Crippen LogP contribution in [0.2, 0.25) is 0 Å². The average molecular weight is 189 g/mol. The van der Waals surface area contributed by atoms with Crippen molar-refractivity contribution in [3.05, 3.63) is 0 Å². The van der Waals surface area contributed by atoms with Crippen LogP contribution in [0.1, 0.15) is 27.2 Å². The Balaban J connectivity index is 3.60. The zero-order valence-corrected chi connectivity index (χ0v) is 8.58. The van der Waals surface area contributed by atoms with Gasteiger partial charge in [-0.15, -0.1) is 0 Å². The summed E-state index contributed by atoms with van der Waals surface area (Å²) in [4.78, 5) is 11.1. The van der Waals surface area contributed by atoms with Gasteiger partial charge in [0, 0.05) is 6.04 Å². The second kappa shape index (κ2) is 6.86. The van der Waals surface area contributed by atoms with E-state index in [-0.39, 0.29) is 12.0 Å². The molecule has 0 aromatic rings. The van der Waals surface area contributed by atoms with Crippen LogP contribution in [0.5, 0.6) is 0 Å².